The minimum Gasteiger partial charge on any atom is -0.480 e. The molecular weight excluding hydrogens is 150 g/mol. The van der Waals surface area contributed by atoms with Crippen molar-refractivity contribution in [1.82, 2.24) is 0 Å². The van der Waals surface area contributed by atoms with Crippen molar-refractivity contribution in [3.63, 3.8) is 0 Å². The first-order valence-corrected chi connectivity index (χ1v) is 3.34. The van der Waals surface area contributed by atoms with Crippen molar-refractivity contribution in [2.75, 3.05) is 26.6 Å². The van der Waals surface area contributed by atoms with Crippen LogP contribution in [-0.2, 0) is 14.3 Å². The molecule has 0 unspecified atom stereocenters. The van der Waals surface area contributed by atoms with Crippen LogP contribution in [0.25, 0.3) is 0 Å². The van der Waals surface area contributed by atoms with Crippen LogP contribution in [0.3, 0.4) is 0 Å². The molecular formula is C6H13NO4. The maximum absolute atomic E-state index is 9.89. The Bertz CT molecular complexity index is 107. The van der Waals surface area contributed by atoms with Crippen molar-refractivity contribution in [2.45, 2.75) is 6.42 Å². The smallest absolute Gasteiger partial charge is 0.329 e. The molecule has 0 fully saturated rings. The predicted molar refractivity (Wildman–Crippen MR) is 38.1 cm³/mol. The van der Waals surface area contributed by atoms with Gasteiger partial charge in [0.15, 0.2) is 0 Å². The fourth-order valence-electron chi connectivity index (χ4n) is 0.432. The Morgan fingerprint density at radius 1 is 1.45 bits per heavy atom. The largest absolute Gasteiger partial charge is 0.480 e. The van der Waals surface area contributed by atoms with E-state index in [-0.39, 0.29) is 13.4 Å². The fraction of sp³-hybridized carbons (Fsp3) is 0.833. The number of rotatable bonds is 7. The second-order valence-corrected chi connectivity index (χ2v) is 1.91. The molecule has 0 spiro atoms. The lowest BCUT2D eigenvalue weighted by Crippen LogP contribution is -2.11. The van der Waals surface area contributed by atoms with Crippen LogP contribution in [0.2, 0.25) is 0 Å². The van der Waals surface area contributed by atoms with Crippen LogP contribution in [0, 0.1) is 0 Å². The molecule has 0 amide bonds. The van der Waals surface area contributed by atoms with Crippen LogP contribution >= 0.6 is 0 Å². The zero-order valence-corrected chi connectivity index (χ0v) is 6.28. The van der Waals surface area contributed by atoms with Gasteiger partial charge in [-0.3, -0.25) is 0 Å². The summed E-state index contributed by atoms with van der Waals surface area (Å²) in [5.74, 6) is -0.993. The van der Waals surface area contributed by atoms with E-state index in [9.17, 15) is 4.79 Å². The van der Waals surface area contributed by atoms with E-state index >= 15 is 0 Å². The minimum absolute atomic E-state index is 0.0201. The summed E-state index contributed by atoms with van der Waals surface area (Å²) in [6.07, 6.45) is 0.760. The lowest BCUT2D eigenvalue weighted by Gasteiger charge is -2.01. The van der Waals surface area contributed by atoms with Crippen LogP contribution in [0.1, 0.15) is 6.42 Å². The number of aliphatic carboxylic acids is 1. The third-order valence-electron chi connectivity index (χ3n) is 0.885. The maximum atomic E-state index is 9.89. The monoisotopic (exact) mass is 163 g/mol. The Kier molecular flexibility index (Phi) is 7.02. The zero-order valence-electron chi connectivity index (χ0n) is 6.28. The molecule has 0 rings (SSSR count). The highest BCUT2D eigenvalue weighted by Crippen LogP contribution is 1.81. The van der Waals surface area contributed by atoms with Crippen molar-refractivity contribution >= 4 is 5.97 Å². The summed E-state index contributed by atoms with van der Waals surface area (Å²) in [6, 6.07) is 0. The standard InChI is InChI=1S/C6H13NO4/c7-2-1-3-10-5-11-4-6(8)9/h1-5,7H2,(H,8,9). The van der Waals surface area contributed by atoms with Gasteiger partial charge in [-0.25, -0.2) is 4.79 Å². The van der Waals surface area contributed by atoms with Crippen LogP contribution in [0.15, 0.2) is 0 Å². The highest BCUT2D eigenvalue weighted by Gasteiger charge is 1.94. The molecule has 0 aromatic rings. The summed E-state index contributed by atoms with van der Waals surface area (Å²) in [6.45, 7) is 0.782. The Balaban J connectivity index is 2.85. The number of carboxylic acid groups (broad SMARTS) is 1. The summed E-state index contributed by atoms with van der Waals surface area (Å²) in [5.41, 5.74) is 5.18. The first-order chi connectivity index (χ1) is 5.27. The average molecular weight is 163 g/mol. The van der Waals surface area contributed by atoms with Crippen molar-refractivity contribution in [2.24, 2.45) is 5.73 Å². The topological polar surface area (TPSA) is 81.8 Å². The fourth-order valence-corrected chi connectivity index (χ4v) is 0.432. The Morgan fingerprint density at radius 3 is 2.73 bits per heavy atom. The Morgan fingerprint density at radius 2 is 2.18 bits per heavy atom. The maximum Gasteiger partial charge on any atom is 0.329 e. The lowest BCUT2D eigenvalue weighted by atomic mass is 10.5. The predicted octanol–water partition coefficient (Wildman–Crippen LogP) is -0.590. The third-order valence-corrected chi connectivity index (χ3v) is 0.885. The molecule has 11 heavy (non-hydrogen) atoms. The molecule has 0 atom stereocenters. The van der Waals surface area contributed by atoms with Gasteiger partial charge in [0.25, 0.3) is 0 Å². The van der Waals surface area contributed by atoms with Gasteiger partial charge in [0, 0.05) is 0 Å². The van der Waals surface area contributed by atoms with Gasteiger partial charge in [-0.15, -0.1) is 0 Å². The average Bonchev–Trinajstić information content (AvgIpc) is 1.96. The molecule has 0 bridgehead atoms. The number of ether oxygens (including phenoxy) is 2. The Hall–Kier alpha value is -0.650. The summed E-state index contributed by atoms with van der Waals surface area (Å²) < 4.78 is 9.44. The van der Waals surface area contributed by atoms with Crippen LogP contribution in [-0.4, -0.2) is 37.6 Å². The number of hydrogen-bond donors (Lipinski definition) is 2. The molecule has 0 saturated carbocycles. The molecule has 5 nitrogen and oxygen atoms in total. The molecule has 66 valence electrons. The van der Waals surface area contributed by atoms with Gasteiger partial charge >= 0.3 is 5.97 Å². The molecule has 5 heteroatoms. The van der Waals surface area contributed by atoms with Gasteiger partial charge in [-0.05, 0) is 13.0 Å². The van der Waals surface area contributed by atoms with E-state index in [1.165, 1.54) is 0 Å². The van der Waals surface area contributed by atoms with E-state index < -0.39 is 5.97 Å². The second kappa shape index (κ2) is 7.46. The molecule has 0 aromatic heterocycles. The van der Waals surface area contributed by atoms with E-state index in [1.807, 2.05) is 0 Å². The van der Waals surface area contributed by atoms with Crippen LogP contribution in [0.4, 0.5) is 0 Å². The van der Waals surface area contributed by atoms with Crippen molar-refractivity contribution < 1.29 is 19.4 Å². The summed E-state index contributed by atoms with van der Waals surface area (Å²) in [7, 11) is 0. The molecule has 0 saturated heterocycles. The first kappa shape index (κ1) is 10.3. The summed E-state index contributed by atoms with van der Waals surface area (Å²) in [4.78, 5) is 9.89. The van der Waals surface area contributed by atoms with E-state index in [0.717, 1.165) is 6.42 Å². The number of nitrogens with two attached hydrogens (primary N) is 1. The van der Waals surface area contributed by atoms with E-state index in [2.05, 4.69) is 4.74 Å². The molecule has 0 aliphatic carbocycles. The molecule has 0 aliphatic rings. The molecule has 0 aromatic carbocycles. The van der Waals surface area contributed by atoms with E-state index in [1.54, 1.807) is 0 Å². The minimum atomic E-state index is -0.993. The summed E-state index contributed by atoms with van der Waals surface area (Å²) >= 11 is 0. The third kappa shape index (κ3) is 9.35. The van der Waals surface area contributed by atoms with Crippen molar-refractivity contribution in [3.05, 3.63) is 0 Å². The summed E-state index contributed by atoms with van der Waals surface area (Å²) in [5, 5.41) is 8.12. The van der Waals surface area contributed by atoms with E-state index in [4.69, 9.17) is 15.6 Å². The number of carboxylic acids is 1. The van der Waals surface area contributed by atoms with Gasteiger partial charge < -0.3 is 20.3 Å². The highest BCUT2D eigenvalue weighted by molar-refractivity contribution is 5.67. The number of carbonyl (C=O) groups is 1. The normalized spacial score (nSPS) is 9.91. The van der Waals surface area contributed by atoms with Crippen molar-refractivity contribution in [1.29, 1.82) is 0 Å². The first-order valence-electron chi connectivity index (χ1n) is 3.34. The highest BCUT2D eigenvalue weighted by atomic mass is 16.7. The molecule has 0 heterocycles. The molecule has 0 aliphatic heterocycles. The second-order valence-electron chi connectivity index (χ2n) is 1.91. The van der Waals surface area contributed by atoms with Gasteiger partial charge in [0.2, 0.25) is 0 Å². The molecule has 0 radical (unpaired) electrons. The Labute approximate surface area is 65.1 Å². The lowest BCUT2D eigenvalue weighted by molar-refractivity contribution is -0.148. The SMILES string of the molecule is NCCCOCOCC(=O)O. The van der Waals surface area contributed by atoms with Crippen molar-refractivity contribution in [3.8, 4) is 0 Å². The van der Waals surface area contributed by atoms with Gasteiger partial charge in [0.1, 0.15) is 13.4 Å². The molecule has 3 N–H and O–H groups in total. The van der Waals surface area contributed by atoms with Gasteiger partial charge in [-0.1, -0.05) is 0 Å². The number of hydrogen-bond acceptors (Lipinski definition) is 4. The van der Waals surface area contributed by atoms with Gasteiger partial charge in [-0.2, -0.15) is 0 Å². The van der Waals surface area contributed by atoms with E-state index in [0.29, 0.717) is 13.2 Å². The zero-order chi connectivity index (χ0) is 8.53. The van der Waals surface area contributed by atoms with Crippen LogP contribution in [0.5, 0.6) is 0 Å². The van der Waals surface area contributed by atoms with Gasteiger partial charge in [0.05, 0.1) is 6.61 Å². The van der Waals surface area contributed by atoms with Crippen LogP contribution < -0.4 is 5.73 Å². The quantitative estimate of drug-likeness (QED) is 0.387.